The summed E-state index contributed by atoms with van der Waals surface area (Å²) in [4.78, 5) is 11.6. The van der Waals surface area contributed by atoms with E-state index in [4.69, 9.17) is 5.11 Å². The Hall–Kier alpha value is -1.35. The predicted octanol–water partition coefficient (Wildman–Crippen LogP) is 2.34. The molecular formula is C15H23NO2. The molecular weight excluding hydrogens is 226 g/mol. The van der Waals surface area contributed by atoms with Crippen LogP contribution in [0.3, 0.4) is 0 Å². The van der Waals surface area contributed by atoms with E-state index < -0.39 is 0 Å². The zero-order chi connectivity index (χ0) is 13.5. The summed E-state index contributed by atoms with van der Waals surface area (Å²) in [5.74, 6) is 0.484. The molecule has 0 saturated carbocycles. The molecule has 0 aliphatic heterocycles. The zero-order valence-electron chi connectivity index (χ0n) is 11.3. The summed E-state index contributed by atoms with van der Waals surface area (Å²) >= 11 is 0. The van der Waals surface area contributed by atoms with E-state index in [-0.39, 0.29) is 12.5 Å². The lowest BCUT2D eigenvalue weighted by Crippen LogP contribution is -2.27. The molecule has 3 heteroatoms. The monoisotopic (exact) mass is 249 g/mol. The summed E-state index contributed by atoms with van der Waals surface area (Å²) in [7, 11) is 0. The zero-order valence-corrected chi connectivity index (χ0v) is 11.3. The van der Waals surface area contributed by atoms with Crippen molar-refractivity contribution in [2.45, 2.75) is 33.1 Å². The van der Waals surface area contributed by atoms with Crippen LogP contribution in [0.1, 0.15) is 33.1 Å². The van der Waals surface area contributed by atoms with Crippen LogP contribution < -0.4 is 5.32 Å². The summed E-state index contributed by atoms with van der Waals surface area (Å²) in [6.07, 6.45) is 7.28. The molecule has 2 N–H and O–H groups in total. The lowest BCUT2D eigenvalue weighted by Gasteiger charge is -2.21. The van der Waals surface area contributed by atoms with Crippen molar-refractivity contribution >= 4 is 5.91 Å². The Bertz CT molecular complexity index is 380. The minimum absolute atomic E-state index is 0.0258. The molecule has 0 saturated heterocycles. The van der Waals surface area contributed by atoms with Crippen molar-refractivity contribution in [3.63, 3.8) is 0 Å². The van der Waals surface area contributed by atoms with Gasteiger partial charge in [0.2, 0.25) is 5.91 Å². The van der Waals surface area contributed by atoms with Crippen molar-refractivity contribution in [2.24, 2.45) is 5.92 Å². The van der Waals surface area contributed by atoms with Crippen molar-refractivity contribution in [3.05, 3.63) is 35.5 Å². The van der Waals surface area contributed by atoms with Gasteiger partial charge in [0.05, 0.1) is 6.61 Å². The first-order valence-corrected chi connectivity index (χ1v) is 6.46. The number of hydrogen-bond donors (Lipinski definition) is 2. The fraction of sp³-hybridized carbons (Fsp3) is 0.533. The summed E-state index contributed by atoms with van der Waals surface area (Å²) in [5.41, 5.74) is 3.17. The topological polar surface area (TPSA) is 49.3 Å². The summed E-state index contributed by atoms with van der Waals surface area (Å²) in [6, 6.07) is 0. The predicted molar refractivity (Wildman–Crippen MR) is 74.1 cm³/mol. The highest BCUT2D eigenvalue weighted by Gasteiger charge is 2.14. The van der Waals surface area contributed by atoms with Crippen LogP contribution in [0.5, 0.6) is 0 Å². The van der Waals surface area contributed by atoms with Gasteiger partial charge in [-0.3, -0.25) is 4.79 Å². The molecule has 100 valence electrons. The molecule has 18 heavy (non-hydrogen) atoms. The number of allylic oxidation sites excluding steroid dienone is 4. The smallest absolute Gasteiger partial charge is 0.247 e. The van der Waals surface area contributed by atoms with Crippen molar-refractivity contribution in [2.75, 3.05) is 13.2 Å². The Morgan fingerprint density at radius 3 is 2.83 bits per heavy atom. The van der Waals surface area contributed by atoms with Gasteiger partial charge in [0.25, 0.3) is 0 Å². The molecule has 1 aliphatic rings. The van der Waals surface area contributed by atoms with Gasteiger partial charge in [-0.05, 0) is 39.0 Å². The van der Waals surface area contributed by atoms with E-state index in [1.165, 1.54) is 11.1 Å². The van der Waals surface area contributed by atoms with Gasteiger partial charge >= 0.3 is 0 Å². The Morgan fingerprint density at radius 2 is 2.33 bits per heavy atom. The van der Waals surface area contributed by atoms with Gasteiger partial charge in [-0.1, -0.05) is 29.9 Å². The molecule has 1 amide bonds. The third kappa shape index (κ3) is 4.49. The highest BCUT2D eigenvalue weighted by atomic mass is 16.3. The van der Waals surface area contributed by atoms with Gasteiger partial charge in [-0.15, -0.1) is 0 Å². The molecule has 1 aliphatic carbocycles. The van der Waals surface area contributed by atoms with Crippen LogP contribution in [-0.4, -0.2) is 24.2 Å². The first-order valence-electron chi connectivity index (χ1n) is 6.46. The Morgan fingerprint density at radius 1 is 1.61 bits per heavy atom. The van der Waals surface area contributed by atoms with Crippen molar-refractivity contribution in [1.29, 1.82) is 0 Å². The highest BCUT2D eigenvalue weighted by Crippen LogP contribution is 2.29. The quantitative estimate of drug-likeness (QED) is 0.580. The number of rotatable bonds is 5. The fourth-order valence-corrected chi connectivity index (χ4v) is 2.09. The normalized spacial score (nSPS) is 20.3. The molecule has 3 nitrogen and oxygen atoms in total. The molecule has 0 aromatic rings. The number of aliphatic hydroxyl groups excluding tert-OH is 1. The van der Waals surface area contributed by atoms with Gasteiger partial charge < -0.3 is 10.4 Å². The van der Waals surface area contributed by atoms with Crippen LogP contribution in [-0.2, 0) is 4.79 Å². The van der Waals surface area contributed by atoms with E-state index in [0.717, 1.165) is 19.3 Å². The molecule has 1 rings (SSSR count). The first-order chi connectivity index (χ1) is 8.54. The third-order valence-electron chi connectivity index (χ3n) is 3.30. The maximum absolute atomic E-state index is 11.6. The van der Waals surface area contributed by atoms with E-state index >= 15 is 0 Å². The van der Waals surface area contributed by atoms with Crippen LogP contribution in [0.4, 0.5) is 0 Å². The second kappa shape index (κ2) is 7.17. The van der Waals surface area contributed by atoms with Gasteiger partial charge in [0.15, 0.2) is 0 Å². The number of hydrogen-bond acceptors (Lipinski definition) is 2. The second-order valence-corrected chi connectivity index (χ2v) is 4.90. The molecule has 0 heterocycles. The maximum Gasteiger partial charge on any atom is 0.247 e. The summed E-state index contributed by atoms with van der Waals surface area (Å²) < 4.78 is 0. The molecule has 0 fully saturated rings. The molecule has 0 aromatic heterocycles. The lowest BCUT2D eigenvalue weighted by atomic mass is 9.85. The van der Waals surface area contributed by atoms with Crippen LogP contribution in [0.2, 0.25) is 0 Å². The number of nitrogens with one attached hydrogen (secondary N) is 1. The summed E-state index contributed by atoms with van der Waals surface area (Å²) in [5, 5.41) is 11.3. The summed E-state index contributed by atoms with van der Waals surface area (Å²) in [6.45, 7) is 8.16. The van der Waals surface area contributed by atoms with E-state index in [9.17, 15) is 4.79 Å². The average molecular weight is 249 g/mol. The van der Waals surface area contributed by atoms with E-state index in [1.54, 1.807) is 6.92 Å². The molecule has 0 unspecified atom stereocenters. The Balaban J connectivity index is 2.56. The second-order valence-electron chi connectivity index (χ2n) is 4.90. The van der Waals surface area contributed by atoms with Gasteiger partial charge in [0.1, 0.15) is 0 Å². The van der Waals surface area contributed by atoms with Crippen LogP contribution in [0.15, 0.2) is 35.5 Å². The lowest BCUT2D eigenvalue weighted by molar-refractivity contribution is -0.117. The fourth-order valence-electron chi connectivity index (χ4n) is 2.09. The van der Waals surface area contributed by atoms with E-state index in [2.05, 4.69) is 24.9 Å². The van der Waals surface area contributed by atoms with E-state index in [0.29, 0.717) is 18.0 Å². The first kappa shape index (κ1) is 14.7. The number of carbonyl (C=O) groups is 1. The van der Waals surface area contributed by atoms with Crippen molar-refractivity contribution in [1.82, 2.24) is 5.32 Å². The third-order valence-corrected chi connectivity index (χ3v) is 3.30. The number of carbonyl (C=O) groups excluding carboxylic acids is 1. The van der Waals surface area contributed by atoms with Crippen LogP contribution in [0, 0.1) is 5.92 Å². The Kier molecular flexibility index (Phi) is 5.86. The molecule has 0 radical (unpaired) electrons. The highest BCUT2D eigenvalue weighted by molar-refractivity contribution is 5.93. The minimum atomic E-state index is -0.105. The number of amides is 1. The van der Waals surface area contributed by atoms with Crippen LogP contribution >= 0.6 is 0 Å². The number of aliphatic hydroxyl groups is 1. The molecule has 0 aromatic carbocycles. The largest absolute Gasteiger partial charge is 0.395 e. The minimum Gasteiger partial charge on any atom is -0.395 e. The SMILES string of the molecule is C=C(C)[C@H]1CC=C(/C=C(\C)C(=O)NCCO)CC1. The van der Waals surface area contributed by atoms with Crippen molar-refractivity contribution in [3.8, 4) is 0 Å². The van der Waals surface area contributed by atoms with E-state index in [1.807, 2.05) is 6.08 Å². The average Bonchev–Trinajstić information content (AvgIpc) is 2.36. The Labute approximate surface area is 109 Å². The molecule has 1 atom stereocenters. The standard InChI is InChI=1S/C15H23NO2/c1-11(2)14-6-4-13(5-7-14)10-12(3)15(18)16-8-9-17/h4,10,14,17H,1,5-9H2,2-3H3,(H,16,18)/b12-10+/t14-/m0/s1. The van der Waals surface area contributed by atoms with Crippen molar-refractivity contribution < 1.29 is 9.90 Å². The molecule has 0 spiro atoms. The van der Waals surface area contributed by atoms with Gasteiger partial charge in [0, 0.05) is 12.1 Å². The van der Waals surface area contributed by atoms with Gasteiger partial charge in [-0.25, -0.2) is 0 Å². The molecule has 0 bridgehead atoms. The van der Waals surface area contributed by atoms with Crippen LogP contribution in [0.25, 0.3) is 0 Å². The maximum atomic E-state index is 11.6. The van der Waals surface area contributed by atoms with Gasteiger partial charge in [-0.2, -0.15) is 0 Å².